The molecule has 0 saturated carbocycles. The lowest BCUT2D eigenvalue weighted by Crippen LogP contribution is -2.46. The molecule has 3 atom stereocenters. The Hall–Kier alpha value is -0.0800. The minimum absolute atomic E-state index is 0.724. The first-order valence-corrected chi connectivity index (χ1v) is 6.64. The van der Waals surface area contributed by atoms with E-state index in [2.05, 4.69) is 31.0 Å². The molecule has 0 aromatic carbocycles. The number of piperidine rings is 1. The number of likely N-dealkylation sites (tertiary alicyclic amines) is 1. The van der Waals surface area contributed by atoms with Crippen molar-refractivity contribution in [2.45, 2.75) is 52.1 Å². The van der Waals surface area contributed by atoms with E-state index in [-0.39, 0.29) is 0 Å². The molecular weight excluding hydrogens is 184 g/mol. The fraction of sp³-hybridized carbons (Fsp3) is 1.00. The van der Waals surface area contributed by atoms with Gasteiger partial charge in [0.05, 0.1) is 0 Å². The van der Waals surface area contributed by atoms with Crippen LogP contribution in [0.3, 0.4) is 0 Å². The van der Waals surface area contributed by atoms with Crippen LogP contribution in [0.1, 0.15) is 40.0 Å². The SMILES string of the molecule is CC1CC(N2CCC(C(C)C)C2)CCN1. The molecule has 2 fully saturated rings. The summed E-state index contributed by atoms with van der Waals surface area (Å²) in [5.74, 6) is 1.82. The lowest BCUT2D eigenvalue weighted by atomic mass is 9.95. The van der Waals surface area contributed by atoms with E-state index in [4.69, 9.17) is 0 Å². The van der Waals surface area contributed by atoms with E-state index in [0.29, 0.717) is 0 Å². The number of hydrogen-bond acceptors (Lipinski definition) is 2. The maximum atomic E-state index is 3.54. The summed E-state index contributed by atoms with van der Waals surface area (Å²) in [5, 5.41) is 3.54. The molecular formula is C13H26N2. The monoisotopic (exact) mass is 210 g/mol. The van der Waals surface area contributed by atoms with E-state index < -0.39 is 0 Å². The normalized spacial score (nSPS) is 38.8. The Bertz CT molecular complexity index is 203. The predicted octanol–water partition coefficient (Wildman–Crippen LogP) is 2.10. The van der Waals surface area contributed by atoms with Crippen LogP contribution in [0.4, 0.5) is 0 Å². The van der Waals surface area contributed by atoms with E-state index in [9.17, 15) is 0 Å². The van der Waals surface area contributed by atoms with Crippen molar-refractivity contribution in [2.75, 3.05) is 19.6 Å². The highest BCUT2D eigenvalue weighted by molar-refractivity contribution is 4.87. The fourth-order valence-electron chi connectivity index (χ4n) is 3.13. The molecule has 0 radical (unpaired) electrons. The Labute approximate surface area is 94.4 Å². The Balaban J connectivity index is 1.84. The van der Waals surface area contributed by atoms with Gasteiger partial charge in [-0.15, -0.1) is 0 Å². The summed E-state index contributed by atoms with van der Waals surface area (Å²) >= 11 is 0. The van der Waals surface area contributed by atoms with Gasteiger partial charge in [-0.25, -0.2) is 0 Å². The molecule has 3 unspecified atom stereocenters. The van der Waals surface area contributed by atoms with E-state index in [0.717, 1.165) is 23.9 Å². The van der Waals surface area contributed by atoms with Gasteiger partial charge in [0, 0.05) is 18.6 Å². The third-order valence-electron chi connectivity index (χ3n) is 4.31. The van der Waals surface area contributed by atoms with Crippen molar-refractivity contribution in [3.63, 3.8) is 0 Å². The molecule has 2 rings (SSSR count). The van der Waals surface area contributed by atoms with Gasteiger partial charge >= 0.3 is 0 Å². The van der Waals surface area contributed by atoms with Gasteiger partial charge < -0.3 is 5.32 Å². The van der Waals surface area contributed by atoms with Crippen molar-refractivity contribution in [1.82, 2.24) is 10.2 Å². The molecule has 2 aliphatic heterocycles. The molecule has 0 spiro atoms. The first kappa shape index (κ1) is 11.4. The first-order valence-electron chi connectivity index (χ1n) is 6.64. The molecule has 1 N–H and O–H groups in total. The van der Waals surface area contributed by atoms with Gasteiger partial charge in [-0.05, 0) is 51.1 Å². The van der Waals surface area contributed by atoms with E-state index in [1.165, 1.54) is 38.9 Å². The Morgan fingerprint density at radius 2 is 2.07 bits per heavy atom. The quantitative estimate of drug-likeness (QED) is 0.751. The van der Waals surface area contributed by atoms with Crippen LogP contribution < -0.4 is 5.32 Å². The van der Waals surface area contributed by atoms with Gasteiger partial charge in [0.25, 0.3) is 0 Å². The van der Waals surface area contributed by atoms with Crippen molar-refractivity contribution < 1.29 is 0 Å². The lowest BCUT2D eigenvalue weighted by molar-refractivity contribution is 0.169. The zero-order valence-corrected chi connectivity index (χ0v) is 10.5. The third-order valence-corrected chi connectivity index (χ3v) is 4.31. The van der Waals surface area contributed by atoms with Crippen molar-refractivity contribution >= 4 is 0 Å². The van der Waals surface area contributed by atoms with Gasteiger partial charge in [0.15, 0.2) is 0 Å². The van der Waals surface area contributed by atoms with Gasteiger partial charge in [-0.2, -0.15) is 0 Å². The first-order chi connectivity index (χ1) is 7.16. The summed E-state index contributed by atoms with van der Waals surface area (Å²) < 4.78 is 0. The fourth-order valence-corrected chi connectivity index (χ4v) is 3.13. The van der Waals surface area contributed by atoms with E-state index >= 15 is 0 Å². The largest absolute Gasteiger partial charge is 0.314 e. The highest BCUT2D eigenvalue weighted by Crippen LogP contribution is 2.28. The summed E-state index contributed by atoms with van der Waals surface area (Å²) in [7, 11) is 0. The molecule has 0 aliphatic carbocycles. The van der Waals surface area contributed by atoms with Gasteiger partial charge in [0.2, 0.25) is 0 Å². The van der Waals surface area contributed by atoms with Gasteiger partial charge in [-0.3, -0.25) is 4.90 Å². The second kappa shape index (κ2) is 4.84. The number of nitrogens with one attached hydrogen (secondary N) is 1. The molecule has 88 valence electrons. The average Bonchev–Trinajstić information content (AvgIpc) is 2.66. The van der Waals surface area contributed by atoms with Crippen molar-refractivity contribution in [2.24, 2.45) is 11.8 Å². The average molecular weight is 210 g/mol. The van der Waals surface area contributed by atoms with Crippen molar-refractivity contribution in [3.05, 3.63) is 0 Å². The molecule has 2 nitrogen and oxygen atoms in total. The van der Waals surface area contributed by atoms with Crippen molar-refractivity contribution in [3.8, 4) is 0 Å². The van der Waals surface area contributed by atoms with Crippen LogP contribution in [0.15, 0.2) is 0 Å². The summed E-state index contributed by atoms with van der Waals surface area (Å²) in [6.07, 6.45) is 4.13. The highest BCUT2D eigenvalue weighted by Gasteiger charge is 2.31. The molecule has 0 aromatic heterocycles. The number of nitrogens with zero attached hydrogens (tertiary/aromatic N) is 1. The zero-order valence-electron chi connectivity index (χ0n) is 10.5. The minimum atomic E-state index is 0.724. The zero-order chi connectivity index (χ0) is 10.8. The topological polar surface area (TPSA) is 15.3 Å². The smallest absolute Gasteiger partial charge is 0.0122 e. The molecule has 0 bridgehead atoms. The molecule has 2 saturated heterocycles. The minimum Gasteiger partial charge on any atom is -0.314 e. The molecule has 0 aromatic rings. The predicted molar refractivity (Wildman–Crippen MR) is 65.0 cm³/mol. The Kier molecular flexibility index (Phi) is 3.68. The van der Waals surface area contributed by atoms with Crippen LogP contribution in [0, 0.1) is 11.8 Å². The second-order valence-corrected chi connectivity index (χ2v) is 5.82. The number of rotatable bonds is 2. The maximum Gasteiger partial charge on any atom is 0.0122 e. The molecule has 15 heavy (non-hydrogen) atoms. The van der Waals surface area contributed by atoms with Gasteiger partial charge in [0.1, 0.15) is 0 Å². The van der Waals surface area contributed by atoms with Crippen LogP contribution in [-0.4, -0.2) is 36.6 Å². The highest BCUT2D eigenvalue weighted by atomic mass is 15.2. The van der Waals surface area contributed by atoms with Gasteiger partial charge in [-0.1, -0.05) is 13.8 Å². The van der Waals surface area contributed by atoms with Crippen LogP contribution in [0.2, 0.25) is 0 Å². The number of hydrogen-bond donors (Lipinski definition) is 1. The van der Waals surface area contributed by atoms with Crippen molar-refractivity contribution in [1.29, 1.82) is 0 Å². The molecule has 2 aliphatic rings. The van der Waals surface area contributed by atoms with E-state index in [1.54, 1.807) is 0 Å². The molecule has 0 amide bonds. The molecule has 2 heterocycles. The second-order valence-electron chi connectivity index (χ2n) is 5.82. The standard InChI is InChI=1S/C13H26N2/c1-10(2)12-5-7-15(9-12)13-4-6-14-11(3)8-13/h10-14H,4-9H2,1-3H3. The summed E-state index contributed by atoms with van der Waals surface area (Å²) in [4.78, 5) is 2.75. The van der Waals surface area contributed by atoms with Crippen LogP contribution in [-0.2, 0) is 0 Å². The third kappa shape index (κ3) is 2.73. The molecule has 2 heteroatoms. The Morgan fingerprint density at radius 1 is 1.27 bits per heavy atom. The summed E-state index contributed by atoms with van der Waals surface area (Å²) in [6, 6.07) is 1.59. The lowest BCUT2D eigenvalue weighted by Gasteiger charge is -2.35. The van der Waals surface area contributed by atoms with Crippen LogP contribution in [0.25, 0.3) is 0 Å². The van der Waals surface area contributed by atoms with Crippen LogP contribution >= 0.6 is 0 Å². The maximum absolute atomic E-state index is 3.54. The van der Waals surface area contributed by atoms with E-state index in [1.807, 2.05) is 0 Å². The summed E-state index contributed by atoms with van der Waals surface area (Å²) in [6.45, 7) is 11.0. The summed E-state index contributed by atoms with van der Waals surface area (Å²) in [5.41, 5.74) is 0. The van der Waals surface area contributed by atoms with Crippen LogP contribution in [0.5, 0.6) is 0 Å². The Morgan fingerprint density at radius 3 is 2.67 bits per heavy atom.